The predicted octanol–water partition coefficient (Wildman–Crippen LogP) is 2.92. The molecule has 0 saturated carbocycles. The van der Waals surface area contributed by atoms with Gasteiger partial charge in [-0.1, -0.05) is 31.2 Å². The van der Waals surface area contributed by atoms with Crippen LogP contribution in [0.25, 0.3) is 0 Å². The number of piperidine rings is 1. The van der Waals surface area contributed by atoms with E-state index in [0.29, 0.717) is 30.4 Å². The Balaban J connectivity index is 1.39. The molecular formula is C23H28N4O2. The summed E-state index contributed by atoms with van der Waals surface area (Å²) in [5.74, 6) is 0.495. The largest absolute Gasteiger partial charge is 0.368 e. The van der Waals surface area contributed by atoms with E-state index in [0.717, 1.165) is 39.0 Å². The molecule has 0 radical (unpaired) electrons. The van der Waals surface area contributed by atoms with Crippen molar-refractivity contribution in [3.05, 3.63) is 59.9 Å². The second-order valence-electron chi connectivity index (χ2n) is 8.00. The van der Waals surface area contributed by atoms with Gasteiger partial charge in [0, 0.05) is 45.0 Å². The topological polar surface area (TPSA) is 56.8 Å². The van der Waals surface area contributed by atoms with Gasteiger partial charge in [0.05, 0.1) is 0 Å². The second kappa shape index (κ2) is 8.64. The van der Waals surface area contributed by atoms with Crippen molar-refractivity contribution in [2.24, 2.45) is 5.92 Å². The Hall–Kier alpha value is -2.89. The Morgan fingerprint density at radius 2 is 1.31 bits per heavy atom. The van der Waals surface area contributed by atoms with E-state index >= 15 is 0 Å². The fraction of sp³-hybridized carbons (Fsp3) is 0.435. The summed E-state index contributed by atoms with van der Waals surface area (Å²) in [5.41, 5.74) is 1.91. The maximum Gasteiger partial charge on any atom is 0.272 e. The van der Waals surface area contributed by atoms with Gasteiger partial charge >= 0.3 is 0 Å². The summed E-state index contributed by atoms with van der Waals surface area (Å²) in [6.45, 7) is 6.63. The zero-order chi connectivity index (χ0) is 20.2. The molecule has 6 nitrogen and oxygen atoms in total. The minimum Gasteiger partial charge on any atom is -0.368 e. The van der Waals surface area contributed by atoms with Crippen LogP contribution in [0.5, 0.6) is 0 Å². The summed E-state index contributed by atoms with van der Waals surface area (Å²) >= 11 is 0. The van der Waals surface area contributed by atoms with Crippen LogP contribution in [0.3, 0.4) is 0 Å². The molecule has 2 aliphatic heterocycles. The first kappa shape index (κ1) is 19.4. The van der Waals surface area contributed by atoms with Gasteiger partial charge in [0.25, 0.3) is 11.8 Å². The molecule has 0 atom stereocenters. The Labute approximate surface area is 172 Å². The highest BCUT2D eigenvalue weighted by Gasteiger charge is 2.26. The summed E-state index contributed by atoms with van der Waals surface area (Å²) in [4.78, 5) is 36.1. The van der Waals surface area contributed by atoms with Crippen LogP contribution in [0, 0.1) is 5.92 Å². The van der Waals surface area contributed by atoms with Gasteiger partial charge in [-0.2, -0.15) is 0 Å². The number of nitrogens with zero attached hydrogens (tertiary/aromatic N) is 4. The lowest BCUT2D eigenvalue weighted by Gasteiger charge is -2.36. The van der Waals surface area contributed by atoms with Crippen molar-refractivity contribution in [3.63, 3.8) is 0 Å². The number of hydrogen-bond acceptors (Lipinski definition) is 4. The van der Waals surface area contributed by atoms with Gasteiger partial charge in [-0.3, -0.25) is 9.59 Å². The molecule has 2 aromatic rings. The average Bonchev–Trinajstić information content (AvgIpc) is 2.79. The van der Waals surface area contributed by atoms with Gasteiger partial charge in [0.2, 0.25) is 0 Å². The summed E-state index contributed by atoms with van der Waals surface area (Å²) in [5, 5.41) is 0. The van der Waals surface area contributed by atoms with Crippen molar-refractivity contribution in [3.8, 4) is 0 Å². The fourth-order valence-electron chi connectivity index (χ4n) is 4.02. The third kappa shape index (κ3) is 4.42. The van der Waals surface area contributed by atoms with Crippen LogP contribution >= 0.6 is 0 Å². The normalized spacial score (nSPS) is 18.0. The van der Waals surface area contributed by atoms with Crippen LogP contribution in [-0.4, -0.2) is 65.9 Å². The van der Waals surface area contributed by atoms with E-state index in [1.807, 2.05) is 28.0 Å². The molecule has 0 N–H and O–H groups in total. The van der Waals surface area contributed by atoms with Crippen LogP contribution in [0.1, 0.15) is 40.7 Å². The number of carbonyl (C=O) groups excluding carboxylic acids is 2. The number of carbonyl (C=O) groups is 2. The third-order valence-corrected chi connectivity index (χ3v) is 5.95. The molecular weight excluding hydrogens is 364 g/mol. The zero-order valence-corrected chi connectivity index (χ0v) is 17.0. The number of pyridine rings is 1. The van der Waals surface area contributed by atoms with E-state index in [1.165, 1.54) is 5.69 Å². The zero-order valence-electron chi connectivity index (χ0n) is 17.0. The lowest BCUT2D eigenvalue weighted by atomic mass is 9.99. The van der Waals surface area contributed by atoms with E-state index < -0.39 is 0 Å². The molecule has 1 aromatic carbocycles. The second-order valence-corrected chi connectivity index (χ2v) is 8.00. The van der Waals surface area contributed by atoms with E-state index in [-0.39, 0.29) is 11.8 Å². The Bertz CT molecular complexity index is 854. The highest BCUT2D eigenvalue weighted by Crippen LogP contribution is 2.19. The average molecular weight is 393 g/mol. The Kier molecular flexibility index (Phi) is 5.79. The standard InChI is InChI=1S/C23H28N4O2/c1-18-10-12-26(13-11-18)22(28)20-8-5-9-21(24-20)23(29)27-16-14-25(15-17-27)19-6-3-2-4-7-19/h2-9,18H,10-17H2,1H3. The van der Waals surface area contributed by atoms with Crippen LogP contribution in [0.15, 0.2) is 48.5 Å². The highest BCUT2D eigenvalue weighted by atomic mass is 16.2. The van der Waals surface area contributed by atoms with Crippen LogP contribution in [-0.2, 0) is 0 Å². The highest BCUT2D eigenvalue weighted by molar-refractivity contribution is 5.96. The molecule has 2 amide bonds. The van der Waals surface area contributed by atoms with Crippen molar-refractivity contribution in [1.82, 2.24) is 14.8 Å². The monoisotopic (exact) mass is 392 g/mol. The van der Waals surface area contributed by atoms with Crippen molar-refractivity contribution >= 4 is 17.5 Å². The molecule has 29 heavy (non-hydrogen) atoms. The number of benzene rings is 1. The maximum atomic E-state index is 13.0. The maximum absolute atomic E-state index is 13.0. The minimum absolute atomic E-state index is 0.0690. The number of anilines is 1. The first-order chi connectivity index (χ1) is 14.1. The fourth-order valence-corrected chi connectivity index (χ4v) is 4.02. The lowest BCUT2D eigenvalue weighted by Crippen LogP contribution is -2.49. The Morgan fingerprint density at radius 1 is 0.759 bits per heavy atom. The summed E-state index contributed by atoms with van der Waals surface area (Å²) in [6, 6.07) is 15.4. The van der Waals surface area contributed by atoms with Crippen molar-refractivity contribution in [1.29, 1.82) is 0 Å². The third-order valence-electron chi connectivity index (χ3n) is 5.95. The number of rotatable bonds is 3. The first-order valence-electron chi connectivity index (χ1n) is 10.5. The van der Waals surface area contributed by atoms with Crippen LogP contribution in [0.4, 0.5) is 5.69 Å². The molecule has 0 bridgehead atoms. The van der Waals surface area contributed by atoms with E-state index in [9.17, 15) is 9.59 Å². The number of likely N-dealkylation sites (tertiary alicyclic amines) is 1. The van der Waals surface area contributed by atoms with Crippen LogP contribution < -0.4 is 4.90 Å². The molecule has 6 heteroatoms. The van der Waals surface area contributed by atoms with Gasteiger partial charge in [-0.15, -0.1) is 0 Å². The van der Waals surface area contributed by atoms with Gasteiger partial charge in [0.15, 0.2) is 0 Å². The molecule has 4 rings (SSSR count). The number of piperazine rings is 1. The molecule has 3 heterocycles. The molecule has 1 aromatic heterocycles. The number of para-hydroxylation sites is 1. The van der Waals surface area contributed by atoms with E-state index in [4.69, 9.17) is 0 Å². The molecule has 2 aliphatic rings. The number of hydrogen-bond donors (Lipinski definition) is 0. The Morgan fingerprint density at radius 3 is 1.90 bits per heavy atom. The molecule has 0 spiro atoms. The summed E-state index contributed by atoms with van der Waals surface area (Å²) in [7, 11) is 0. The lowest BCUT2D eigenvalue weighted by molar-refractivity contribution is 0.0690. The summed E-state index contributed by atoms with van der Waals surface area (Å²) < 4.78 is 0. The van der Waals surface area contributed by atoms with E-state index in [2.05, 4.69) is 28.9 Å². The predicted molar refractivity (Wildman–Crippen MR) is 113 cm³/mol. The minimum atomic E-state index is -0.0976. The smallest absolute Gasteiger partial charge is 0.272 e. The number of amides is 2. The molecule has 2 fully saturated rings. The molecule has 0 aliphatic carbocycles. The molecule has 152 valence electrons. The molecule has 0 unspecified atom stereocenters. The van der Waals surface area contributed by atoms with Crippen LogP contribution in [0.2, 0.25) is 0 Å². The van der Waals surface area contributed by atoms with Crippen molar-refractivity contribution in [2.75, 3.05) is 44.2 Å². The van der Waals surface area contributed by atoms with E-state index in [1.54, 1.807) is 18.2 Å². The first-order valence-corrected chi connectivity index (χ1v) is 10.5. The summed E-state index contributed by atoms with van der Waals surface area (Å²) in [6.07, 6.45) is 2.05. The van der Waals surface area contributed by atoms with Gasteiger partial charge in [0.1, 0.15) is 11.4 Å². The SMILES string of the molecule is CC1CCN(C(=O)c2cccc(C(=O)N3CCN(c4ccccc4)CC3)n2)CC1. The quantitative estimate of drug-likeness (QED) is 0.806. The molecule has 2 saturated heterocycles. The van der Waals surface area contributed by atoms with Gasteiger partial charge in [-0.05, 0) is 43.0 Å². The van der Waals surface area contributed by atoms with Gasteiger partial charge < -0.3 is 14.7 Å². The van der Waals surface area contributed by atoms with Crippen molar-refractivity contribution < 1.29 is 9.59 Å². The number of aromatic nitrogens is 1. The van der Waals surface area contributed by atoms with Crippen molar-refractivity contribution in [2.45, 2.75) is 19.8 Å². The van der Waals surface area contributed by atoms with Gasteiger partial charge in [-0.25, -0.2) is 4.98 Å².